The van der Waals surface area contributed by atoms with E-state index in [2.05, 4.69) is 0 Å². The number of hydrogen-bond donors (Lipinski definition) is 0. The molecule has 0 radical (unpaired) electrons. The molecule has 0 spiro atoms. The number of alkyl halides is 3. The van der Waals surface area contributed by atoms with Crippen LogP contribution in [0.4, 0.5) is 13.2 Å². The standard InChI is InChI=1S/C10H9F3O2/c1-2-15-9-4-7(6-14)3-8(5-9)10(11,12)13/h3-6H,2H2,1H3. The van der Waals surface area contributed by atoms with Crippen LogP contribution < -0.4 is 4.74 Å². The van der Waals surface area contributed by atoms with E-state index in [0.29, 0.717) is 6.29 Å². The van der Waals surface area contributed by atoms with E-state index in [9.17, 15) is 18.0 Å². The lowest BCUT2D eigenvalue weighted by molar-refractivity contribution is -0.137. The van der Waals surface area contributed by atoms with Crippen LogP contribution in [0.3, 0.4) is 0 Å². The van der Waals surface area contributed by atoms with Crippen molar-refractivity contribution in [3.05, 3.63) is 29.3 Å². The summed E-state index contributed by atoms with van der Waals surface area (Å²) in [6, 6.07) is 2.93. The van der Waals surface area contributed by atoms with Crippen LogP contribution in [0.25, 0.3) is 0 Å². The van der Waals surface area contributed by atoms with Crippen molar-refractivity contribution in [2.75, 3.05) is 6.61 Å². The largest absolute Gasteiger partial charge is 0.494 e. The van der Waals surface area contributed by atoms with Gasteiger partial charge in [0.15, 0.2) is 0 Å². The molecule has 0 saturated heterocycles. The summed E-state index contributed by atoms with van der Waals surface area (Å²) >= 11 is 0. The van der Waals surface area contributed by atoms with Crippen LogP contribution >= 0.6 is 0 Å². The number of rotatable bonds is 3. The maximum atomic E-state index is 12.4. The lowest BCUT2D eigenvalue weighted by Gasteiger charge is -2.10. The van der Waals surface area contributed by atoms with Gasteiger partial charge in [0, 0.05) is 5.56 Å². The van der Waals surface area contributed by atoms with E-state index < -0.39 is 11.7 Å². The fourth-order valence-electron chi connectivity index (χ4n) is 1.10. The van der Waals surface area contributed by atoms with Crippen LogP contribution in [0.5, 0.6) is 5.75 Å². The minimum atomic E-state index is -4.47. The molecule has 0 bridgehead atoms. The Morgan fingerprint density at radius 2 is 2.00 bits per heavy atom. The van der Waals surface area contributed by atoms with Crippen molar-refractivity contribution in [3.63, 3.8) is 0 Å². The number of carbonyl (C=O) groups excluding carboxylic acids is 1. The van der Waals surface area contributed by atoms with Crippen molar-refractivity contribution in [2.24, 2.45) is 0 Å². The highest BCUT2D eigenvalue weighted by molar-refractivity contribution is 5.76. The van der Waals surface area contributed by atoms with Crippen molar-refractivity contribution >= 4 is 6.29 Å². The second kappa shape index (κ2) is 4.33. The first kappa shape index (κ1) is 11.6. The fraction of sp³-hybridized carbons (Fsp3) is 0.300. The molecular weight excluding hydrogens is 209 g/mol. The lowest BCUT2D eigenvalue weighted by atomic mass is 10.1. The first-order chi connectivity index (χ1) is 6.97. The topological polar surface area (TPSA) is 26.3 Å². The predicted molar refractivity (Wildman–Crippen MR) is 48.0 cm³/mol. The van der Waals surface area contributed by atoms with Gasteiger partial charge in [0.2, 0.25) is 0 Å². The summed E-state index contributed by atoms with van der Waals surface area (Å²) in [4.78, 5) is 10.4. The van der Waals surface area contributed by atoms with Gasteiger partial charge < -0.3 is 4.74 Å². The summed E-state index contributed by atoms with van der Waals surface area (Å²) < 4.78 is 42.0. The van der Waals surface area contributed by atoms with E-state index in [1.54, 1.807) is 6.92 Å². The molecule has 2 nitrogen and oxygen atoms in total. The maximum Gasteiger partial charge on any atom is 0.416 e. The molecule has 0 aromatic heterocycles. The SMILES string of the molecule is CCOc1cc(C=O)cc(C(F)(F)F)c1. The lowest BCUT2D eigenvalue weighted by Crippen LogP contribution is -2.06. The van der Waals surface area contributed by atoms with Crippen LogP contribution in [-0.2, 0) is 6.18 Å². The third-order valence-corrected chi connectivity index (χ3v) is 1.70. The zero-order chi connectivity index (χ0) is 11.5. The number of benzene rings is 1. The zero-order valence-corrected chi connectivity index (χ0v) is 7.97. The van der Waals surface area contributed by atoms with Gasteiger partial charge in [-0.3, -0.25) is 4.79 Å². The molecule has 0 aliphatic heterocycles. The second-order valence-corrected chi connectivity index (χ2v) is 2.84. The Kier molecular flexibility index (Phi) is 3.34. The van der Waals surface area contributed by atoms with E-state index >= 15 is 0 Å². The molecule has 15 heavy (non-hydrogen) atoms. The molecule has 0 atom stereocenters. The number of hydrogen-bond acceptors (Lipinski definition) is 2. The van der Waals surface area contributed by atoms with Crippen LogP contribution in [0, 0.1) is 0 Å². The van der Waals surface area contributed by atoms with E-state index in [1.165, 1.54) is 6.07 Å². The van der Waals surface area contributed by atoms with Crippen LogP contribution in [-0.4, -0.2) is 12.9 Å². The molecule has 1 rings (SSSR count). The molecule has 0 aliphatic carbocycles. The van der Waals surface area contributed by atoms with E-state index in [-0.39, 0.29) is 17.9 Å². The quantitative estimate of drug-likeness (QED) is 0.729. The summed E-state index contributed by atoms with van der Waals surface area (Å²) in [6.45, 7) is 1.90. The molecule has 1 aromatic carbocycles. The molecule has 0 amide bonds. The van der Waals surface area contributed by atoms with Gasteiger partial charge in [-0.2, -0.15) is 13.2 Å². The molecule has 0 fully saturated rings. The van der Waals surface area contributed by atoms with Gasteiger partial charge in [-0.1, -0.05) is 0 Å². The highest BCUT2D eigenvalue weighted by Crippen LogP contribution is 2.32. The predicted octanol–water partition coefficient (Wildman–Crippen LogP) is 2.92. The third-order valence-electron chi connectivity index (χ3n) is 1.70. The van der Waals surface area contributed by atoms with Gasteiger partial charge in [-0.15, -0.1) is 0 Å². The van der Waals surface area contributed by atoms with Crippen molar-refractivity contribution in [1.29, 1.82) is 0 Å². The Labute approximate surface area is 84.7 Å². The molecule has 0 saturated carbocycles. The highest BCUT2D eigenvalue weighted by atomic mass is 19.4. The van der Waals surface area contributed by atoms with Gasteiger partial charge in [0.1, 0.15) is 12.0 Å². The number of halogens is 3. The Morgan fingerprint density at radius 1 is 1.33 bits per heavy atom. The zero-order valence-electron chi connectivity index (χ0n) is 7.97. The summed E-state index contributed by atoms with van der Waals surface area (Å²) in [5, 5.41) is 0. The molecule has 0 heterocycles. The minimum Gasteiger partial charge on any atom is -0.494 e. The van der Waals surface area contributed by atoms with Crippen molar-refractivity contribution in [1.82, 2.24) is 0 Å². The van der Waals surface area contributed by atoms with Crippen LogP contribution in [0.15, 0.2) is 18.2 Å². The van der Waals surface area contributed by atoms with Crippen molar-refractivity contribution < 1.29 is 22.7 Å². The maximum absolute atomic E-state index is 12.4. The molecule has 82 valence electrons. The third kappa shape index (κ3) is 2.97. The summed E-state index contributed by atoms with van der Waals surface area (Å²) in [7, 11) is 0. The van der Waals surface area contributed by atoms with Crippen LogP contribution in [0.2, 0.25) is 0 Å². The monoisotopic (exact) mass is 218 g/mol. The summed E-state index contributed by atoms with van der Waals surface area (Å²) in [5.74, 6) is 0.0504. The van der Waals surface area contributed by atoms with E-state index in [0.717, 1.165) is 12.1 Å². The van der Waals surface area contributed by atoms with Crippen molar-refractivity contribution in [2.45, 2.75) is 13.1 Å². The van der Waals surface area contributed by atoms with Crippen molar-refractivity contribution in [3.8, 4) is 5.75 Å². The Hall–Kier alpha value is -1.52. The van der Waals surface area contributed by atoms with Crippen LogP contribution in [0.1, 0.15) is 22.8 Å². The second-order valence-electron chi connectivity index (χ2n) is 2.84. The van der Waals surface area contributed by atoms with Gasteiger partial charge >= 0.3 is 6.18 Å². The first-order valence-corrected chi connectivity index (χ1v) is 4.27. The normalized spacial score (nSPS) is 11.2. The molecule has 0 N–H and O–H groups in total. The number of carbonyl (C=O) groups is 1. The van der Waals surface area contributed by atoms with Gasteiger partial charge in [0.05, 0.1) is 12.2 Å². The Morgan fingerprint density at radius 3 is 2.47 bits per heavy atom. The average Bonchev–Trinajstić information content (AvgIpc) is 2.16. The minimum absolute atomic E-state index is 0.0479. The molecule has 0 unspecified atom stereocenters. The van der Waals surface area contributed by atoms with Gasteiger partial charge in [-0.05, 0) is 25.1 Å². The summed E-state index contributed by atoms with van der Waals surface area (Å²) in [5.41, 5.74) is -0.927. The van der Waals surface area contributed by atoms with Gasteiger partial charge in [-0.25, -0.2) is 0 Å². The van der Waals surface area contributed by atoms with E-state index in [4.69, 9.17) is 4.74 Å². The highest BCUT2D eigenvalue weighted by Gasteiger charge is 2.31. The molecular formula is C10H9F3O2. The molecule has 5 heteroatoms. The Balaban J connectivity index is 3.17. The molecule has 0 aliphatic rings. The average molecular weight is 218 g/mol. The van der Waals surface area contributed by atoms with E-state index in [1.807, 2.05) is 0 Å². The first-order valence-electron chi connectivity index (χ1n) is 4.27. The Bertz CT molecular complexity index is 358. The molecule has 1 aromatic rings. The summed E-state index contributed by atoms with van der Waals surface area (Å²) in [6.07, 6.45) is -4.11. The smallest absolute Gasteiger partial charge is 0.416 e. The number of ether oxygens (including phenoxy) is 1. The fourth-order valence-corrected chi connectivity index (χ4v) is 1.10. The number of aldehydes is 1. The van der Waals surface area contributed by atoms with Gasteiger partial charge in [0.25, 0.3) is 0 Å².